The number of halogens is 3. The van der Waals surface area contributed by atoms with E-state index in [0.29, 0.717) is 24.5 Å². The van der Waals surface area contributed by atoms with E-state index < -0.39 is 11.9 Å². The van der Waals surface area contributed by atoms with E-state index >= 15 is 0 Å². The summed E-state index contributed by atoms with van der Waals surface area (Å²) in [7, 11) is 0. The smallest absolute Gasteiger partial charge is 0.381 e. The number of rotatable bonds is 3. The molecule has 0 aliphatic carbocycles. The van der Waals surface area contributed by atoms with Crippen molar-refractivity contribution >= 4 is 5.91 Å². The van der Waals surface area contributed by atoms with Crippen LogP contribution in [0.5, 0.6) is 0 Å². The lowest BCUT2D eigenvalue weighted by molar-refractivity contribution is -0.141. The van der Waals surface area contributed by atoms with Crippen molar-refractivity contribution in [2.45, 2.75) is 25.1 Å². The van der Waals surface area contributed by atoms with E-state index in [9.17, 15) is 18.0 Å². The number of hydrogen-bond acceptors (Lipinski definition) is 3. The zero-order valence-electron chi connectivity index (χ0n) is 12.7. The molecule has 1 saturated heterocycles. The molecule has 8 heteroatoms. The van der Waals surface area contributed by atoms with Crippen LogP contribution < -0.4 is 5.32 Å². The molecule has 5 nitrogen and oxygen atoms in total. The molecular formula is C16H16F3N3O2. The molecular weight excluding hydrogens is 323 g/mol. The lowest BCUT2D eigenvalue weighted by atomic mass is 10.1. The Bertz CT molecular complexity index is 704. The van der Waals surface area contributed by atoms with E-state index in [0.717, 1.165) is 23.6 Å². The van der Waals surface area contributed by atoms with Crippen LogP contribution in [0.2, 0.25) is 0 Å². The van der Waals surface area contributed by atoms with Gasteiger partial charge in [0.1, 0.15) is 0 Å². The molecule has 128 valence electrons. The van der Waals surface area contributed by atoms with Crippen molar-refractivity contribution < 1.29 is 22.7 Å². The van der Waals surface area contributed by atoms with Crippen molar-refractivity contribution in [3.63, 3.8) is 0 Å². The number of aromatic nitrogens is 2. The van der Waals surface area contributed by atoms with Gasteiger partial charge in [-0.25, -0.2) is 4.68 Å². The number of nitrogens with one attached hydrogen (secondary N) is 1. The van der Waals surface area contributed by atoms with Crippen LogP contribution in [0.15, 0.2) is 36.5 Å². The summed E-state index contributed by atoms with van der Waals surface area (Å²) in [5, 5.41) is 6.43. The number of carbonyl (C=O) groups excluding carboxylic acids is 1. The molecule has 0 saturated carbocycles. The maximum Gasteiger partial charge on any atom is 0.435 e. The first-order chi connectivity index (χ1) is 11.4. The highest BCUT2D eigenvalue weighted by atomic mass is 19.4. The Morgan fingerprint density at radius 3 is 2.42 bits per heavy atom. The SMILES string of the molecule is O=C(NC1CCOCC1)c1ccc(-n2ccc(C(F)(F)F)n2)cc1. The van der Waals surface area contributed by atoms with Gasteiger partial charge in [0.15, 0.2) is 5.69 Å². The monoisotopic (exact) mass is 339 g/mol. The van der Waals surface area contributed by atoms with Crippen LogP contribution in [0.1, 0.15) is 28.9 Å². The molecule has 1 aliphatic rings. The first-order valence-electron chi connectivity index (χ1n) is 7.55. The highest BCUT2D eigenvalue weighted by Gasteiger charge is 2.33. The molecule has 1 aromatic carbocycles. The van der Waals surface area contributed by atoms with E-state index in [1.54, 1.807) is 24.3 Å². The van der Waals surface area contributed by atoms with Gasteiger partial charge in [-0.05, 0) is 43.2 Å². The van der Waals surface area contributed by atoms with Gasteiger partial charge in [-0.2, -0.15) is 18.3 Å². The summed E-state index contributed by atoms with van der Waals surface area (Å²) in [6.07, 6.45) is -1.69. The number of benzene rings is 1. The topological polar surface area (TPSA) is 56.1 Å². The molecule has 1 aliphatic heterocycles. The van der Waals surface area contributed by atoms with Gasteiger partial charge >= 0.3 is 6.18 Å². The summed E-state index contributed by atoms with van der Waals surface area (Å²) >= 11 is 0. The normalized spacial score (nSPS) is 16.1. The van der Waals surface area contributed by atoms with Crippen molar-refractivity contribution in [2.24, 2.45) is 0 Å². The predicted octanol–water partition coefficient (Wildman–Crippen LogP) is 2.80. The minimum atomic E-state index is -4.48. The summed E-state index contributed by atoms with van der Waals surface area (Å²) < 4.78 is 44.1. The number of nitrogens with zero attached hydrogens (tertiary/aromatic N) is 2. The summed E-state index contributed by atoms with van der Waals surface area (Å²) in [5.41, 5.74) is -0.0506. The van der Waals surface area contributed by atoms with Gasteiger partial charge in [0, 0.05) is 31.0 Å². The van der Waals surface area contributed by atoms with Crippen molar-refractivity contribution in [1.29, 1.82) is 0 Å². The number of ether oxygens (including phenoxy) is 1. The van der Waals surface area contributed by atoms with Crippen LogP contribution in [-0.4, -0.2) is 34.9 Å². The van der Waals surface area contributed by atoms with Crippen molar-refractivity contribution in [1.82, 2.24) is 15.1 Å². The van der Waals surface area contributed by atoms with Gasteiger partial charge in [0.25, 0.3) is 5.91 Å². The second-order valence-electron chi connectivity index (χ2n) is 5.55. The second kappa shape index (κ2) is 6.64. The highest BCUT2D eigenvalue weighted by Crippen LogP contribution is 2.27. The van der Waals surface area contributed by atoms with Crippen LogP contribution in [0.4, 0.5) is 13.2 Å². The minimum absolute atomic E-state index is 0.0892. The first kappa shape index (κ1) is 16.5. The van der Waals surface area contributed by atoms with E-state index in [1.165, 1.54) is 6.20 Å². The molecule has 0 spiro atoms. The minimum Gasteiger partial charge on any atom is -0.381 e. The fourth-order valence-electron chi connectivity index (χ4n) is 2.50. The fraction of sp³-hybridized carbons (Fsp3) is 0.375. The number of carbonyl (C=O) groups is 1. The maximum absolute atomic E-state index is 12.6. The van der Waals surface area contributed by atoms with Crippen LogP contribution in [-0.2, 0) is 10.9 Å². The van der Waals surface area contributed by atoms with Crippen LogP contribution in [0, 0.1) is 0 Å². The number of alkyl halides is 3. The molecule has 0 radical (unpaired) electrons. The Balaban J connectivity index is 1.68. The third-order valence-electron chi connectivity index (χ3n) is 3.83. The number of amides is 1. The standard InChI is InChI=1S/C16H16F3N3O2/c17-16(18,19)14-5-8-22(21-14)13-3-1-11(2-4-13)15(23)20-12-6-9-24-10-7-12/h1-5,8,12H,6-7,9-10H2,(H,20,23). The Morgan fingerprint density at radius 2 is 1.83 bits per heavy atom. The maximum atomic E-state index is 12.6. The molecule has 0 atom stereocenters. The van der Waals surface area contributed by atoms with E-state index in [4.69, 9.17) is 4.74 Å². The summed E-state index contributed by atoms with van der Waals surface area (Å²) in [5.74, 6) is -0.204. The molecule has 1 amide bonds. The van der Waals surface area contributed by atoms with Gasteiger partial charge in [0.2, 0.25) is 0 Å². The van der Waals surface area contributed by atoms with Gasteiger partial charge in [-0.1, -0.05) is 0 Å². The Labute approximate surface area is 136 Å². The zero-order chi connectivity index (χ0) is 17.2. The van der Waals surface area contributed by atoms with Crippen molar-refractivity contribution in [3.05, 3.63) is 47.8 Å². The summed E-state index contributed by atoms with van der Waals surface area (Å²) in [4.78, 5) is 12.2. The average Bonchev–Trinajstić information content (AvgIpc) is 3.06. The van der Waals surface area contributed by atoms with Crippen molar-refractivity contribution in [3.8, 4) is 5.69 Å². The Kier molecular flexibility index (Phi) is 4.57. The largest absolute Gasteiger partial charge is 0.435 e. The summed E-state index contributed by atoms with van der Waals surface area (Å²) in [6.45, 7) is 1.26. The van der Waals surface area contributed by atoms with Gasteiger partial charge in [0.05, 0.1) is 5.69 Å². The molecule has 3 rings (SSSR count). The van der Waals surface area contributed by atoms with Gasteiger partial charge < -0.3 is 10.1 Å². The van der Waals surface area contributed by atoms with Gasteiger partial charge in [-0.3, -0.25) is 4.79 Å². The molecule has 2 aromatic rings. The first-order valence-corrected chi connectivity index (χ1v) is 7.55. The third kappa shape index (κ3) is 3.76. The predicted molar refractivity (Wildman–Crippen MR) is 79.9 cm³/mol. The summed E-state index contributed by atoms with van der Waals surface area (Å²) in [6, 6.07) is 7.26. The van der Waals surface area contributed by atoms with E-state index in [1.807, 2.05) is 0 Å². The van der Waals surface area contributed by atoms with Gasteiger partial charge in [-0.15, -0.1) is 0 Å². The molecule has 1 N–H and O–H groups in total. The third-order valence-corrected chi connectivity index (χ3v) is 3.83. The Morgan fingerprint density at radius 1 is 1.17 bits per heavy atom. The van der Waals surface area contributed by atoms with E-state index in [-0.39, 0.29) is 11.9 Å². The number of hydrogen-bond donors (Lipinski definition) is 1. The molecule has 0 unspecified atom stereocenters. The zero-order valence-corrected chi connectivity index (χ0v) is 12.7. The van der Waals surface area contributed by atoms with E-state index in [2.05, 4.69) is 10.4 Å². The fourth-order valence-corrected chi connectivity index (χ4v) is 2.50. The van der Waals surface area contributed by atoms with Crippen LogP contribution in [0.3, 0.4) is 0 Å². The molecule has 0 bridgehead atoms. The Hall–Kier alpha value is -2.35. The lowest BCUT2D eigenvalue weighted by Crippen LogP contribution is -2.38. The molecule has 1 fully saturated rings. The lowest BCUT2D eigenvalue weighted by Gasteiger charge is -2.23. The van der Waals surface area contributed by atoms with Crippen LogP contribution >= 0.6 is 0 Å². The molecule has 2 heterocycles. The highest BCUT2D eigenvalue weighted by molar-refractivity contribution is 5.94. The second-order valence-corrected chi connectivity index (χ2v) is 5.55. The molecule has 1 aromatic heterocycles. The van der Waals surface area contributed by atoms with Crippen molar-refractivity contribution in [2.75, 3.05) is 13.2 Å². The molecule has 24 heavy (non-hydrogen) atoms. The average molecular weight is 339 g/mol. The van der Waals surface area contributed by atoms with Crippen LogP contribution in [0.25, 0.3) is 5.69 Å². The quantitative estimate of drug-likeness (QED) is 0.936.